The smallest absolute Gasteiger partial charge is 0.251 e. The number of aromatic nitrogens is 1. The van der Waals surface area contributed by atoms with Gasteiger partial charge < -0.3 is 0 Å². The van der Waals surface area contributed by atoms with E-state index in [4.69, 9.17) is 0 Å². The van der Waals surface area contributed by atoms with E-state index in [1.165, 1.54) is 0 Å². The first-order valence-corrected chi connectivity index (χ1v) is 6.41. The lowest BCUT2D eigenvalue weighted by Gasteiger charge is -2.15. The van der Waals surface area contributed by atoms with Crippen LogP contribution in [0.4, 0.5) is 8.78 Å². The first kappa shape index (κ1) is 11.1. The molecule has 1 aromatic heterocycles. The molecule has 92 valence electrons. The lowest BCUT2D eigenvalue weighted by Crippen LogP contribution is -2.12. The summed E-state index contributed by atoms with van der Waals surface area (Å²) in [6.45, 7) is 4.02. The third-order valence-corrected chi connectivity index (χ3v) is 3.82. The van der Waals surface area contributed by atoms with E-state index in [0.29, 0.717) is 12.3 Å². The van der Waals surface area contributed by atoms with Gasteiger partial charge in [-0.05, 0) is 48.3 Å². The molecule has 1 nitrogen and oxygen atoms in total. The van der Waals surface area contributed by atoms with Crippen LogP contribution in [-0.2, 0) is 12.3 Å². The maximum absolute atomic E-state index is 13.8. The van der Waals surface area contributed by atoms with Crippen molar-refractivity contribution in [1.29, 1.82) is 0 Å². The van der Waals surface area contributed by atoms with Gasteiger partial charge in [-0.1, -0.05) is 13.8 Å². The van der Waals surface area contributed by atoms with E-state index >= 15 is 0 Å². The Morgan fingerprint density at radius 1 is 1.35 bits per heavy atom. The van der Waals surface area contributed by atoms with Crippen molar-refractivity contribution in [3.8, 4) is 0 Å². The SMILES string of the molecule is CC(C)c1cc(C2CC2)c2c(n1)C(F)(F)CC2. The summed E-state index contributed by atoms with van der Waals surface area (Å²) in [5.41, 5.74) is 2.91. The van der Waals surface area contributed by atoms with Gasteiger partial charge >= 0.3 is 0 Å². The number of halogens is 2. The number of fused-ring (bicyclic) bond motifs is 1. The van der Waals surface area contributed by atoms with Gasteiger partial charge in [0, 0.05) is 12.1 Å². The average molecular weight is 237 g/mol. The predicted octanol–water partition coefficient (Wildman–Crippen LogP) is 4.12. The van der Waals surface area contributed by atoms with Crippen molar-refractivity contribution in [2.45, 2.75) is 57.3 Å². The molecular formula is C14H17F2N. The minimum Gasteiger partial charge on any atom is -0.251 e. The van der Waals surface area contributed by atoms with Crippen molar-refractivity contribution in [3.63, 3.8) is 0 Å². The first-order valence-electron chi connectivity index (χ1n) is 6.41. The Morgan fingerprint density at radius 2 is 2.06 bits per heavy atom. The van der Waals surface area contributed by atoms with Crippen LogP contribution in [0.5, 0.6) is 0 Å². The highest BCUT2D eigenvalue weighted by Gasteiger charge is 2.44. The van der Waals surface area contributed by atoms with Crippen molar-refractivity contribution in [1.82, 2.24) is 4.98 Å². The van der Waals surface area contributed by atoms with Gasteiger partial charge in [-0.15, -0.1) is 0 Å². The monoisotopic (exact) mass is 237 g/mol. The van der Waals surface area contributed by atoms with Crippen LogP contribution in [0.15, 0.2) is 6.07 Å². The molecule has 17 heavy (non-hydrogen) atoms. The van der Waals surface area contributed by atoms with Gasteiger partial charge in [0.1, 0.15) is 5.69 Å². The van der Waals surface area contributed by atoms with Gasteiger partial charge in [-0.25, -0.2) is 0 Å². The van der Waals surface area contributed by atoms with Gasteiger partial charge in [0.05, 0.1) is 0 Å². The summed E-state index contributed by atoms with van der Waals surface area (Å²) in [7, 11) is 0. The van der Waals surface area contributed by atoms with Crippen molar-refractivity contribution in [3.05, 3.63) is 28.6 Å². The Morgan fingerprint density at radius 3 is 2.65 bits per heavy atom. The number of rotatable bonds is 2. The summed E-state index contributed by atoms with van der Waals surface area (Å²) in [6.07, 6.45) is 2.75. The number of hydrogen-bond acceptors (Lipinski definition) is 1. The molecule has 1 heterocycles. The second-order valence-corrected chi connectivity index (χ2v) is 5.60. The Kier molecular flexibility index (Phi) is 2.29. The molecule has 1 aromatic rings. The number of pyridine rings is 1. The molecular weight excluding hydrogens is 220 g/mol. The molecule has 0 radical (unpaired) electrons. The standard InChI is InChI=1S/C14H17F2N/c1-8(2)12-7-11(9-3-4-9)10-5-6-14(15,16)13(10)17-12/h7-9H,3-6H2,1-2H3. The first-order chi connectivity index (χ1) is 7.99. The second kappa shape index (κ2) is 3.50. The highest BCUT2D eigenvalue weighted by atomic mass is 19.3. The van der Waals surface area contributed by atoms with E-state index in [1.807, 2.05) is 13.8 Å². The Labute approximate surface area is 100 Å². The van der Waals surface area contributed by atoms with Crippen LogP contribution in [0.1, 0.15) is 67.5 Å². The molecule has 0 saturated heterocycles. The fraction of sp³-hybridized carbons (Fsp3) is 0.643. The molecule has 1 fully saturated rings. The summed E-state index contributed by atoms with van der Waals surface area (Å²) in [4.78, 5) is 4.23. The summed E-state index contributed by atoms with van der Waals surface area (Å²) < 4.78 is 27.6. The minimum absolute atomic E-state index is 0.0589. The molecule has 2 aliphatic rings. The van der Waals surface area contributed by atoms with E-state index in [9.17, 15) is 8.78 Å². The van der Waals surface area contributed by atoms with Crippen LogP contribution in [0.25, 0.3) is 0 Å². The summed E-state index contributed by atoms with van der Waals surface area (Å²) in [6, 6.07) is 2.07. The molecule has 3 heteroatoms. The van der Waals surface area contributed by atoms with Gasteiger partial charge in [-0.2, -0.15) is 8.78 Å². The highest BCUT2D eigenvalue weighted by molar-refractivity contribution is 5.43. The summed E-state index contributed by atoms with van der Waals surface area (Å²) in [5, 5.41) is 0. The number of hydrogen-bond donors (Lipinski definition) is 0. The zero-order valence-corrected chi connectivity index (χ0v) is 10.3. The number of alkyl halides is 2. The van der Waals surface area contributed by atoms with Crippen LogP contribution >= 0.6 is 0 Å². The van der Waals surface area contributed by atoms with Crippen LogP contribution in [-0.4, -0.2) is 4.98 Å². The average Bonchev–Trinajstić information content (AvgIpc) is 3.05. The summed E-state index contributed by atoms with van der Waals surface area (Å²) in [5.74, 6) is -1.96. The van der Waals surface area contributed by atoms with E-state index in [-0.39, 0.29) is 18.0 Å². The third kappa shape index (κ3) is 1.76. The number of nitrogens with zero attached hydrogens (tertiary/aromatic N) is 1. The third-order valence-electron chi connectivity index (χ3n) is 3.82. The largest absolute Gasteiger partial charge is 0.290 e. The van der Waals surface area contributed by atoms with Gasteiger partial charge in [-0.3, -0.25) is 4.98 Å². The van der Waals surface area contributed by atoms with Crippen molar-refractivity contribution in [2.75, 3.05) is 0 Å². The lowest BCUT2D eigenvalue weighted by molar-refractivity contribution is -0.00612. The molecule has 2 aliphatic carbocycles. The molecule has 0 spiro atoms. The van der Waals surface area contributed by atoms with Crippen LogP contribution in [0.2, 0.25) is 0 Å². The van der Waals surface area contributed by atoms with Crippen molar-refractivity contribution < 1.29 is 8.78 Å². The van der Waals surface area contributed by atoms with Crippen LogP contribution in [0.3, 0.4) is 0 Å². The highest BCUT2D eigenvalue weighted by Crippen LogP contribution is 2.49. The van der Waals surface area contributed by atoms with Crippen molar-refractivity contribution >= 4 is 0 Å². The maximum atomic E-state index is 13.8. The van der Waals surface area contributed by atoms with E-state index < -0.39 is 5.92 Å². The molecule has 0 bridgehead atoms. The van der Waals surface area contributed by atoms with Gasteiger partial charge in [0.25, 0.3) is 5.92 Å². The molecule has 1 saturated carbocycles. The van der Waals surface area contributed by atoms with Gasteiger partial charge in [0.2, 0.25) is 0 Å². The van der Waals surface area contributed by atoms with E-state index in [1.54, 1.807) is 0 Å². The minimum atomic E-state index is -2.70. The quantitative estimate of drug-likeness (QED) is 0.754. The van der Waals surface area contributed by atoms with Crippen LogP contribution < -0.4 is 0 Å². The fourth-order valence-electron chi connectivity index (χ4n) is 2.63. The Balaban J connectivity index is 2.17. The zero-order valence-electron chi connectivity index (χ0n) is 10.3. The maximum Gasteiger partial charge on any atom is 0.290 e. The van der Waals surface area contributed by atoms with E-state index in [2.05, 4.69) is 11.1 Å². The molecule has 0 unspecified atom stereocenters. The Bertz CT molecular complexity index is 462. The molecule has 0 aliphatic heterocycles. The lowest BCUT2D eigenvalue weighted by atomic mass is 9.98. The van der Waals surface area contributed by atoms with E-state index in [0.717, 1.165) is 29.7 Å². The Hall–Kier alpha value is -0.990. The topological polar surface area (TPSA) is 12.9 Å². The van der Waals surface area contributed by atoms with Gasteiger partial charge in [0.15, 0.2) is 0 Å². The molecule has 0 amide bonds. The molecule has 3 rings (SSSR count). The summed E-state index contributed by atoms with van der Waals surface area (Å²) >= 11 is 0. The molecule has 0 atom stereocenters. The molecule has 0 N–H and O–H groups in total. The fourth-order valence-corrected chi connectivity index (χ4v) is 2.63. The predicted molar refractivity (Wildman–Crippen MR) is 62.5 cm³/mol. The second-order valence-electron chi connectivity index (χ2n) is 5.60. The van der Waals surface area contributed by atoms with Crippen molar-refractivity contribution in [2.24, 2.45) is 0 Å². The molecule has 0 aromatic carbocycles. The normalized spacial score (nSPS) is 21.9. The van der Waals surface area contributed by atoms with Crippen LogP contribution in [0, 0.1) is 0 Å². The zero-order chi connectivity index (χ0) is 12.2.